The zero-order valence-corrected chi connectivity index (χ0v) is 12.6. The Morgan fingerprint density at radius 3 is 2.70 bits per heavy atom. The molecule has 1 fully saturated rings. The molecule has 5 nitrogen and oxygen atoms in total. The number of β-amino-alcohol motifs (C(OH)–C–C–N with tert-alkyl or cyclic N) is 1. The van der Waals surface area contributed by atoms with E-state index in [4.69, 9.17) is 16.3 Å². The summed E-state index contributed by atoms with van der Waals surface area (Å²) in [7, 11) is 5.30. The summed E-state index contributed by atoms with van der Waals surface area (Å²) in [6, 6.07) is 4.89. The van der Waals surface area contributed by atoms with Gasteiger partial charge in [0.05, 0.1) is 24.8 Å². The van der Waals surface area contributed by atoms with E-state index in [2.05, 4.69) is 0 Å². The fourth-order valence-electron chi connectivity index (χ4n) is 2.46. The summed E-state index contributed by atoms with van der Waals surface area (Å²) < 4.78 is 5.20. The SMILES string of the molecule is COc1ccc(Cl)cc1C(=O)N1C[C@@H](O)[C@H](N(C)C)C1. The van der Waals surface area contributed by atoms with Crippen molar-refractivity contribution in [2.75, 3.05) is 34.3 Å². The molecule has 1 aromatic rings. The Labute approximate surface area is 123 Å². The molecule has 2 atom stereocenters. The molecule has 1 aliphatic rings. The van der Waals surface area contributed by atoms with Crippen LogP contribution in [0, 0.1) is 0 Å². The minimum Gasteiger partial charge on any atom is -0.496 e. The lowest BCUT2D eigenvalue weighted by molar-refractivity contribution is 0.0760. The topological polar surface area (TPSA) is 53.0 Å². The highest BCUT2D eigenvalue weighted by molar-refractivity contribution is 6.31. The van der Waals surface area contributed by atoms with Gasteiger partial charge in [-0.3, -0.25) is 4.79 Å². The second-order valence-electron chi connectivity index (χ2n) is 5.15. The zero-order valence-electron chi connectivity index (χ0n) is 11.8. The molecule has 20 heavy (non-hydrogen) atoms. The van der Waals surface area contributed by atoms with E-state index in [0.29, 0.717) is 29.4 Å². The van der Waals surface area contributed by atoms with Gasteiger partial charge in [-0.2, -0.15) is 0 Å². The molecule has 1 aromatic carbocycles. The van der Waals surface area contributed by atoms with Crippen molar-refractivity contribution in [3.8, 4) is 5.75 Å². The maximum Gasteiger partial charge on any atom is 0.257 e. The van der Waals surface area contributed by atoms with E-state index < -0.39 is 6.10 Å². The first-order chi connectivity index (χ1) is 9.43. The predicted molar refractivity (Wildman–Crippen MR) is 77.4 cm³/mol. The fraction of sp³-hybridized carbons (Fsp3) is 0.500. The number of hydrogen-bond acceptors (Lipinski definition) is 4. The zero-order chi connectivity index (χ0) is 14.9. The van der Waals surface area contributed by atoms with E-state index in [0.717, 1.165) is 0 Å². The van der Waals surface area contributed by atoms with E-state index in [1.807, 2.05) is 19.0 Å². The van der Waals surface area contributed by atoms with Gasteiger partial charge in [0.25, 0.3) is 5.91 Å². The summed E-state index contributed by atoms with van der Waals surface area (Å²) in [6.07, 6.45) is -0.542. The van der Waals surface area contributed by atoms with Gasteiger partial charge in [-0.15, -0.1) is 0 Å². The number of nitrogens with zero attached hydrogens (tertiary/aromatic N) is 2. The van der Waals surface area contributed by atoms with Crippen molar-refractivity contribution >= 4 is 17.5 Å². The standard InChI is InChI=1S/C14H19ClN2O3/c1-16(2)11-7-17(8-12(11)18)14(19)10-6-9(15)4-5-13(10)20-3/h4-6,11-12,18H,7-8H2,1-3H3/t11-,12-/m1/s1. The molecular weight excluding hydrogens is 280 g/mol. The smallest absolute Gasteiger partial charge is 0.257 e. The molecule has 1 amide bonds. The number of amides is 1. The summed E-state index contributed by atoms with van der Waals surface area (Å²) in [5.41, 5.74) is 0.423. The third-order valence-corrected chi connectivity index (χ3v) is 3.84. The van der Waals surface area contributed by atoms with Crippen molar-refractivity contribution in [2.45, 2.75) is 12.1 Å². The number of carbonyl (C=O) groups excluding carboxylic acids is 1. The number of aliphatic hydroxyl groups is 1. The average molecular weight is 299 g/mol. The lowest BCUT2D eigenvalue weighted by atomic mass is 10.1. The third-order valence-electron chi connectivity index (χ3n) is 3.60. The molecule has 110 valence electrons. The third kappa shape index (κ3) is 2.90. The van der Waals surface area contributed by atoms with Crippen molar-refractivity contribution in [1.29, 1.82) is 0 Å². The summed E-state index contributed by atoms with van der Waals surface area (Å²) in [5.74, 6) is 0.315. The Morgan fingerprint density at radius 2 is 2.15 bits per heavy atom. The molecule has 1 saturated heterocycles. The largest absolute Gasteiger partial charge is 0.496 e. The van der Waals surface area contributed by atoms with Crippen LogP contribution in [0.3, 0.4) is 0 Å². The van der Waals surface area contributed by atoms with Crippen molar-refractivity contribution < 1.29 is 14.6 Å². The summed E-state index contributed by atoms with van der Waals surface area (Å²) in [4.78, 5) is 16.1. The van der Waals surface area contributed by atoms with Crippen molar-refractivity contribution in [3.63, 3.8) is 0 Å². The summed E-state index contributed by atoms with van der Waals surface area (Å²) >= 11 is 5.95. The molecular formula is C14H19ClN2O3. The normalized spacial score (nSPS) is 22.4. The Bertz CT molecular complexity index is 507. The van der Waals surface area contributed by atoms with Gasteiger partial charge >= 0.3 is 0 Å². The van der Waals surface area contributed by atoms with Crippen molar-refractivity contribution in [2.24, 2.45) is 0 Å². The van der Waals surface area contributed by atoms with Gasteiger partial charge in [-0.25, -0.2) is 0 Å². The van der Waals surface area contributed by atoms with Crippen LogP contribution >= 0.6 is 11.6 Å². The highest BCUT2D eigenvalue weighted by Crippen LogP contribution is 2.26. The first-order valence-corrected chi connectivity index (χ1v) is 6.79. The van der Waals surface area contributed by atoms with Crippen molar-refractivity contribution in [1.82, 2.24) is 9.80 Å². The quantitative estimate of drug-likeness (QED) is 0.908. The molecule has 0 aromatic heterocycles. The van der Waals surface area contributed by atoms with Crippen molar-refractivity contribution in [3.05, 3.63) is 28.8 Å². The molecule has 2 rings (SSSR count). The van der Waals surface area contributed by atoms with E-state index in [1.54, 1.807) is 23.1 Å². The number of methoxy groups -OCH3 is 1. The van der Waals surface area contributed by atoms with E-state index in [1.165, 1.54) is 7.11 Å². The van der Waals surface area contributed by atoms with Gasteiger partial charge < -0.3 is 19.6 Å². The summed E-state index contributed by atoms with van der Waals surface area (Å²) in [5, 5.41) is 10.5. The number of ether oxygens (including phenoxy) is 1. The number of likely N-dealkylation sites (tertiary alicyclic amines) is 1. The lowest BCUT2D eigenvalue weighted by Gasteiger charge is -2.21. The molecule has 1 N–H and O–H groups in total. The Morgan fingerprint density at radius 1 is 1.45 bits per heavy atom. The van der Waals surface area contributed by atoms with Crippen LogP contribution in [0.4, 0.5) is 0 Å². The maximum atomic E-state index is 12.6. The Kier molecular flexibility index (Phi) is 4.52. The van der Waals surface area contributed by atoms with Gasteiger partial charge in [0.15, 0.2) is 0 Å². The van der Waals surface area contributed by atoms with Crippen LogP contribution in [0.15, 0.2) is 18.2 Å². The number of halogens is 1. The van der Waals surface area contributed by atoms with Crippen LogP contribution in [0.1, 0.15) is 10.4 Å². The second kappa shape index (κ2) is 5.99. The van der Waals surface area contributed by atoms with Crippen LogP contribution in [-0.2, 0) is 0 Å². The van der Waals surface area contributed by atoms with E-state index >= 15 is 0 Å². The molecule has 0 saturated carbocycles. The van der Waals surface area contributed by atoms with E-state index in [9.17, 15) is 9.90 Å². The minimum absolute atomic E-state index is 0.0517. The van der Waals surface area contributed by atoms with Gasteiger partial charge in [0.2, 0.25) is 0 Å². The highest BCUT2D eigenvalue weighted by Gasteiger charge is 2.36. The van der Waals surface area contributed by atoms with Gasteiger partial charge in [0.1, 0.15) is 5.75 Å². The van der Waals surface area contributed by atoms with Crippen LogP contribution in [0.2, 0.25) is 5.02 Å². The van der Waals surface area contributed by atoms with Gasteiger partial charge in [-0.05, 0) is 32.3 Å². The Hall–Kier alpha value is -1.30. The molecule has 0 radical (unpaired) electrons. The van der Waals surface area contributed by atoms with Crippen LogP contribution in [0.5, 0.6) is 5.75 Å². The van der Waals surface area contributed by atoms with E-state index in [-0.39, 0.29) is 11.9 Å². The lowest BCUT2D eigenvalue weighted by Crippen LogP contribution is -2.38. The van der Waals surface area contributed by atoms with Gasteiger partial charge in [-0.1, -0.05) is 11.6 Å². The van der Waals surface area contributed by atoms with Crippen LogP contribution in [-0.4, -0.2) is 67.3 Å². The first kappa shape index (κ1) is 15.1. The predicted octanol–water partition coefficient (Wildman–Crippen LogP) is 1.10. The van der Waals surface area contributed by atoms with Gasteiger partial charge in [0, 0.05) is 18.1 Å². The molecule has 0 aliphatic carbocycles. The fourth-order valence-corrected chi connectivity index (χ4v) is 2.63. The number of benzene rings is 1. The molecule has 0 bridgehead atoms. The highest BCUT2D eigenvalue weighted by atomic mass is 35.5. The monoisotopic (exact) mass is 298 g/mol. The number of aliphatic hydroxyl groups excluding tert-OH is 1. The molecule has 0 unspecified atom stereocenters. The molecule has 0 spiro atoms. The average Bonchev–Trinajstić information content (AvgIpc) is 2.80. The second-order valence-corrected chi connectivity index (χ2v) is 5.59. The molecule has 6 heteroatoms. The number of rotatable bonds is 3. The number of hydrogen-bond donors (Lipinski definition) is 1. The van der Waals surface area contributed by atoms with Crippen LogP contribution < -0.4 is 4.74 Å². The Balaban J connectivity index is 2.23. The maximum absolute atomic E-state index is 12.6. The summed E-state index contributed by atoms with van der Waals surface area (Å²) in [6.45, 7) is 0.806. The number of likely N-dealkylation sites (N-methyl/N-ethyl adjacent to an activating group) is 1. The molecule has 1 aliphatic heterocycles. The minimum atomic E-state index is -0.542. The first-order valence-electron chi connectivity index (χ1n) is 6.41. The number of carbonyl (C=O) groups is 1. The van der Waals surface area contributed by atoms with Crippen LogP contribution in [0.25, 0.3) is 0 Å². The molecule has 1 heterocycles.